The van der Waals surface area contributed by atoms with Gasteiger partial charge in [-0.05, 0) is 13.0 Å². The second-order valence-electron chi connectivity index (χ2n) is 3.53. The zero-order chi connectivity index (χ0) is 12.0. The van der Waals surface area contributed by atoms with Crippen molar-refractivity contribution in [1.82, 2.24) is 5.32 Å². The topological polar surface area (TPSA) is 60.7 Å². The van der Waals surface area contributed by atoms with Crippen molar-refractivity contribution in [2.75, 3.05) is 20.8 Å². The summed E-state index contributed by atoms with van der Waals surface area (Å²) in [5.41, 5.74) is 0.429. The number of hydrogen-bond acceptors (Lipinski definition) is 5. The number of ether oxygens (including phenoxy) is 2. The van der Waals surface area contributed by atoms with Crippen LogP contribution in [0.25, 0.3) is 0 Å². The highest BCUT2D eigenvalue weighted by molar-refractivity contribution is 5.88. The third-order valence-electron chi connectivity index (χ3n) is 2.12. The van der Waals surface area contributed by atoms with E-state index in [1.54, 1.807) is 13.2 Å². The predicted octanol–water partition coefficient (Wildman–Crippen LogP) is 1.19. The zero-order valence-electron chi connectivity index (χ0n) is 9.78. The maximum atomic E-state index is 11.1. The quantitative estimate of drug-likeness (QED) is 0.740. The van der Waals surface area contributed by atoms with Crippen molar-refractivity contribution in [3.8, 4) is 0 Å². The SMILES string of the molecule is COCC(C)NCc1cc(C(=O)OC)co1. The molecule has 0 aliphatic rings. The molecule has 1 N–H and O–H groups in total. The molecule has 1 rings (SSSR count). The van der Waals surface area contributed by atoms with Gasteiger partial charge in [-0.25, -0.2) is 4.79 Å². The lowest BCUT2D eigenvalue weighted by atomic mass is 10.3. The van der Waals surface area contributed by atoms with Crippen LogP contribution in [-0.2, 0) is 16.0 Å². The van der Waals surface area contributed by atoms with Crippen molar-refractivity contribution < 1.29 is 18.7 Å². The first-order chi connectivity index (χ1) is 7.67. The van der Waals surface area contributed by atoms with Gasteiger partial charge in [-0.1, -0.05) is 0 Å². The maximum Gasteiger partial charge on any atom is 0.341 e. The molecule has 90 valence electrons. The van der Waals surface area contributed by atoms with E-state index in [1.807, 2.05) is 6.92 Å². The van der Waals surface area contributed by atoms with Crippen LogP contribution in [-0.4, -0.2) is 32.8 Å². The molecule has 1 aromatic heterocycles. The highest BCUT2D eigenvalue weighted by Crippen LogP contribution is 2.08. The molecule has 0 radical (unpaired) electrons. The molecular weight excluding hydrogens is 210 g/mol. The third kappa shape index (κ3) is 3.67. The molecule has 0 fully saturated rings. The first kappa shape index (κ1) is 12.7. The van der Waals surface area contributed by atoms with Gasteiger partial charge in [0, 0.05) is 13.2 Å². The molecule has 0 bridgehead atoms. The minimum absolute atomic E-state index is 0.233. The molecule has 5 nitrogen and oxygen atoms in total. The lowest BCUT2D eigenvalue weighted by Gasteiger charge is -2.10. The van der Waals surface area contributed by atoms with Crippen LogP contribution in [0.3, 0.4) is 0 Å². The highest BCUT2D eigenvalue weighted by atomic mass is 16.5. The summed E-state index contributed by atoms with van der Waals surface area (Å²) in [4.78, 5) is 11.1. The summed E-state index contributed by atoms with van der Waals surface area (Å²) in [7, 11) is 2.99. The van der Waals surface area contributed by atoms with Crippen molar-refractivity contribution >= 4 is 5.97 Å². The number of furan rings is 1. The Hall–Kier alpha value is -1.33. The van der Waals surface area contributed by atoms with Gasteiger partial charge in [-0.2, -0.15) is 0 Å². The summed E-state index contributed by atoms with van der Waals surface area (Å²) >= 11 is 0. The van der Waals surface area contributed by atoms with Crippen LogP contribution in [0, 0.1) is 0 Å². The largest absolute Gasteiger partial charge is 0.467 e. The minimum atomic E-state index is -0.389. The third-order valence-corrected chi connectivity index (χ3v) is 2.12. The van der Waals surface area contributed by atoms with Crippen molar-refractivity contribution in [3.05, 3.63) is 23.7 Å². The highest BCUT2D eigenvalue weighted by Gasteiger charge is 2.10. The summed E-state index contributed by atoms with van der Waals surface area (Å²) in [6, 6.07) is 1.90. The van der Waals surface area contributed by atoms with Crippen molar-refractivity contribution in [3.63, 3.8) is 0 Å². The van der Waals surface area contributed by atoms with Crippen LogP contribution < -0.4 is 5.32 Å². The number of rotatable bonds is 6. The van der Waals surface area contributed by atoms with E-state index in [9.17, 15) is 4.79 Å². The Balaban J connectivity index is 2.43. The average Bonchev–Trinajstić information content (AvgIpc) is 2.74. The summed E-state index contributed by atoms with van der Waals surface area (Å²) < 4.78 is 14.8. The number of hydrogen-bond donors (Lipinski definition) is 1. The number of nitrogens with one attached hydrogen (secondary N) is 1. The van der Waals surface area contributed by atoms with E-state index >= 15 is 0 Å². The lowest BCUT2D eigenvalue weighted by molar-refractivity contribution is 0.0600. The summed E-state index contributed by atoms with van der Waals surface area (Å²) in [6.07, 6.45) is 1.39. The van der Waals surface area contributed by atoms with E-state index in [2.05, 4.69) is 10.1 Å². The van der Waals surface area contributed by atoms with Crippen LogP contribution in [0.2, 0.25) is 0 Å². The lowest BCUT2D eigenvalue weighted by Crippen LogP contribution is -2.29. The van der Waals surface area contributed by atoms with Gasteiger partial charge < -0.3 is 19.2 Å². The van der Waals surface area contributed by atoms with Crippen LogP contribution in [0.4, 0.5) is 0 Å². The summed E-state index contributed by atoms with van der Waals surface area (Å²) in [5.74, 6) is 0.309. The average molecular weight is 227 g/mol. The Morgan fingerprint density at radius 2 is 2.31 bits per heavy atom. The standard InChI is InChI=1S/C11H17NO4/c1-8(6-14-2)12-5-10-4-9(7-16-10)11(13)15-3/h4,7-8,12H,5-6H2,1-3H3. The Kier molecular flexibility index (Phi) is 5.01. The van der Waals surface area contributed by atoms with Gasteiger partial charge in [-0.15, -0.1) is 0 Å². The Morgan fingerprint density at radius 1 is 1.56 bits per heavy atom. The molecule has 16 heavy (non-hydrogen) atoms. The Labute approximate surface area is 94.7 Å². The Morgan fingerprint density at radius 3 is 2.94 bits per heavy atom. The minimum Gasteiger partial charge on any atom is -0.467 e. The molecule has 0 spiro atoms. The van der Waals surface area contributed by atoms with E-state index in [4.69, 9.17) is 9.15 Å². The van der Waals surface area contributed by atoms with Crippen molar-refractivity contribution in [2.45, 2.75) is 19.5 Å². The van der Waals surface area contributed by atoms with E-state index in [0.717, 1.165) is 0 Å². The van der Waals surface area contributed by atoms with Crippen molar-refractivity contribution in [2.24, 2.45) is 0 Å². The van der Waals surface area contributed by atoms with Gasteiger partial charge >= 0.3 is 5.97 Å². The fourth-order valence-corrected chi connectivity index (χ4v) is 1.28. The fraction of sp³-hybridized carbons (Fsp3) is 0.545. The van der Waals surface area contributed by atoms with Crippen molar-refractivity contribution in [1.29, 1.82) is 0 Å². The van der Waals surface area contributed by atoms with Gasteiger partial charge in [0.1, 0.15) is 12.0 Å². The first-order valence-corrected chi connectivity index (χ1v) is 5.05. The van der Waals surface area contributed by atoms with Gasteiger partial charge in [0.15, 0.2) is 0 Å². The molecule has 1 heterocycles. The number of carbonyl (C=O) groups excluding carboxylic acids is 1. The molecule has 0 saturated carbocycles. The molecular formula is C11H17NO4. The Bertz CT molecular complexity index is 334. The van der Waals surface area contributed by atoms with Crippen LogP contribution in [0.15, 0.2) is 16.7 Å². The number of esters is 1. The molecule has 1 atom stereocenters. The monoisotopic (exact) mass is 227 g/mol. The van der Waals surface area contributed by atoms with Gasteiger partial charge in [0.05, 0.1) is 25.8 Å². The van der Waals surface area contributed by atoms with Crippen LogP contribution in [0.5, 0.6) is 0 Å². The van der Waals surface area contributed by atoms with E-state index < -0.39 is 0 Å². The summed E-state index contributed by atoms with van der Waals surface area (Å²) in [5, 5.41) is 3.20. The van der Waals surface area contributed by atoms with Crippen LogP contribution in [0.1, 0.15) is 23.0 Å². The van der Waals surface area contributed by atoms with Crippen LogP contribution >= 0.6 is 0 Å². The predicted molar refractivity (Wildman–Crippen MR) is 58.2 cm³/mol. The molecule has 0 saturated heterocycles. The molecule has 5 heteroatoms. The maximum absolute atomic E-state index is 11.1. The summed E-state index contributed by atoms with van der Waals surface area (Å²) in [6.45, 7) is 3.19. The number of carbonyl (C=O) groups is 1. The van der Waals surface area contributed by atoms with E-state index in [1.165, 1.54) is 13.4 Å². The van der Waals surface area contributed by atoms with Gasteiger partial charge in [-0.3, -0.25) is 0 Å². The molecule has 1 aromatic rings. The molecule has 1 unspecified atom stereocenters. The second-order valence-corrected chi connectivity index (χ2v) is 3.53. The molecule has 0 aliphatic heterocycles. The first-order valence-electron chi connectivity index (χ1n) is 5.05. The molecule has 0 aliphatic carbocycles. The second kappa shape index (κ2) is 6.30. The molecule has 0 aromatic carbocycles. The number of methoxy groups -OCH3 is 2. The van der Waals surface area contributed by atoms with Gasteiger partial charge in [0.2, 0.25) is 0 Å². The fourth-order valence-electron chi connectivity index (χ4n) is 1.28. The zero-order valence-corrected chi connectivity index (χ0v) is 9.78. The van der Waals surface area contributed by atoms with Gasteiger partial charge in [0.25, 0.3) is 0 Å². The molecule has 0 amide bonds. The van der Waals surface area contributed by atoms with E-state index in [0.29, 0.717) is 24.5 Å². The van der Waals surface area contributed by atoms with E-state index in [-0.39, 0.29) is 12.0 Å². The normalized spacial score (nSPS) is 12.4. The smallest absolute Gasteiger partial charge is 0.341 e.